The van der Waals surface area contributed by atoms with Crippen molar-refractivity contribution < 1.29 is 27.1 Å². The molecule has 0 radical (unpaired) electrons. The Kier molecular flexibility index (Phi) is 11.6. The molecule has 0 bridgehead atoms. The molecule has 4 rings (SSSR count). The molecule has 1 atom stereocenters. The zero-order chi connectivity index (χ0) is 32.4. The van der Waals surface area contributed by atoms with E-state index in [2.05, 4.69) is 5.32 Å². The zero-order valence-electron chi connectivity index (χ0n) is 25.0. The quantitative estimate of drug-likeness (QED) is 0.185. The van der Waals surface area contributed by atoms with Gasteiger partial charge in [-0.3, -0.25) is 13.9 Å². The van der Waals surface area contributed by atoms with Crippen molar-refractivity contribution in [2.75, 3.05) is 24.5 Å². The second-order valence-corrected chi connectivity index (χ2v) is 12.5. The molecule has 0 aliphatic rings. The van der Waals surface area contributed by atoms with Crippen molar-refractivity contribution in [3.05, 3.63) is 125 Å². The summed E-state index contributed by atoms with van der Waals surface area (Å²) in [6, 6.07) is 26.1. The Labute approximate surface area is 268 Å². The molecule has 0 saturated heterocycles. The molecule has 0 aliphatic carbocycles. The molecule has 0 unspecified atom stereocenters. The third kappa shape index (κ3) is 8.40. The number of benzene rings is 4. The number of methoxy groups -OCH3 is 1. The van der Waals surface area contributed by atoms with Gasteiger partial charge >= 0.3 is 0 Å². The lowest BCUT2D eigenvalue weighted by Gasteiger charge is -2.34. The maximum atomic E-state index is 15.0. The Balaban J connectivity index is 1.82. The highest BCUT2D eigenvalue weighted by Gasteiger charge is 2.35. The lowest BCUT2D eigenvalue weighted by Crippen LogP contribution is -2.53. The molecule has 0 heterocycles. The fourth-order valence-electron chi connectivity index (χ4n) is 4.79. The van der Waals surface area contributed by atoms with Crippen LogP contribution in [-0.4, -0.2) is 51.4 Å². The first kappa shape index (κ1) is 33.5. The molecule has 1 N–H and O–H groups in total. The van der Waals surface area contributed by atoms with Gasteiger partial charge in [-0.05, 0) is 48.4 Å². The topological polar surface area (TPSA) is 96.0 Å². The molecule has 0 saturated carbocycles. The van der Waals surface area contributed by atoms with Gasteiger partial charge in [0.05, 0.1) is 22.7 Å². The Morgan fingerprint density at radius 1 is 0.933 bits per heavy atom. The van der Waals surface area contributed by atoms with Gasteiger partial charge in [0.2, 0.25) is 11.8 Å². The highest BCUT2D eigenvalue weighted by atomic mass is 35.5. The van der Waals surface area contributed by atoms with Crippen molar-refractivity contribution in [1.82, 2.24) is 10.2 Å². The number of amides is 2. The van der Waals surface area contributed by atoms with Crippen LogP contribution < -0.4 is 14.4 Å². The predicted octanol–water partition coefficient (Wildman–Crippen LogP) is 5.85. The van der Waals surface area contributed by atoms with Crippen LogP contribution in [0.5, 0.6) is 5.75 Å². The molecular weight excluding hydrogens is 617 g/mol. The van der Waals surface area contributed by atoms with Crippen molar-refractivity contribution in [1.29, 1.82) is 0 Å². The van der Waals surface area contributed by atoms with E-state index in [1.54, 1.807) is 24.3 Å². The van der Waals surface area contributed by atoms with Crippen LogP contribution in [0.4, 0.5) is 10.1 Å². The lowest BCUT2D eigenvalue weighted by atomic mass is 10.0. The van der Waals surface area contributed by atoms with Crippen molar-refractivity contribution in [2.45, 2.75) is 37.2 Å². The number of nitrogens with zero attached hydrogens (tertiary/aromatic N) is 2. The Bertz CT molecular complexity index is 1710. The van der Waals surface area contributed by atoms with Gasteiger partial charge in [0.1, 0.15) is 24.2 Å². The van der Waals surface area contributed by atoms with Crippen LogP contribution in [0, 0.1) is 5.82 Å². The smallest absolute Gasteiger partial charge is 0.264 e. The van der Waals surface area contributed by atoms with Crippen LogP contribution in [0.15, 0.2) is 108 Å². The fourth-order valence-corrected chi connectivity index (χ4v) is 6.47. The molecular formula is C34H35ClFN3O5S. The molecule has 8 nitrogen and oxygen atoms in total. The minimum absolute atomic E-state index is 0.0491. The normalized spacial score (nSPS) is 11.8. The first-order chi connectivity index (χ1) is 21.6. The molecule has 11 heteroatoms. The van der Waals surface area contributed by atoms with Gasteiger partial charge in [0, 0.05) is 25.1 Å². The van der Waals surface area contributed by atoms with E-state index < -0.39 is 40.2 Å². The van der Waals surface area contributed by atoms with Gasteiger partial charge in [0.25, 0.3) is 10.0 Å². The van der Waals surface area contributed by atoms with Crippen LogP contribution in [0.3, 0.4) is 0 Å². The Hall–Kier alpha value is -4.41. The van der Waals surface area contributed by atoms with E-state index in [0.717, 1.165) is 9.87 Å². The predicted molar refractivity (Wildman–Crippen MR) is 173 cm³/mol. The van der Waals surface area contributed by atoms with Crippen LogP contribution in [-0.2, 0) is 32.6 Å². The van der Waals surface area contributed by atoms with Crippen molar-refractivity contribution in [3.63, 3.8) is 0 Å². The van der Waals surface area contributed by atoms with Crippen LogP contribution in [0.2, 0.25) is 5.02 Å². The third-order valence-corrected chi connectivity index (χ3v) is 9.24. The fraction of sp³-hybridized carbons (Fsp3) is 0.235. The molecule has 0 spiro atoms. The average molecular weight is 652 g/mol. The van der Waals surface area contributed by atoms with Gasteiger partial charge in [-0.25, -0.2) is 12.8 Å². The summed E-state index contributed by atoms with van der Waals surface area (Å²) in [6.07, 6.45) is 0.781. The highest BCUT2D eigenvalue weighted by molar-refractivity contribution is 7.92. The minimum atomic E-state index is -4.31. The monoisotopic (exact) mass is 651 g/mol. The van der Waals surface area contributed by atoms with E-state index in [1.807, 2.05) is 37.3 Å². The molecule has 0 aromatic heterocycles. The lowest BCUT2D eigenvalue weighted by molar-refractivity contribution is -0.140. The number of rotatable bonds is 14. The number of nitrogens with one attached hydrogen (secondary N) is 1. The summed E-state index contributed by atoms with van der Waals surface area (Å²) >= 11 is 6.39. The van der Waals surface area contributed by atoms with E-state index in [1.165, 1.54) is 60.5 Å². The number of anilines is 1. The Morgan fingerprint density at radius 2 is 1.58 bits per heavy atom. The van der Waals surface area contributed by atoms with Gasteiger partial charge in [0.15, 0.2) is 0 Å². The molecule has 0 aliphatic heterocycles. The van der Waals surface area contributed by atoms with E-state index in [9.17, 15) is 22.4 Å². The molecule has 4 aromatic rings. The van der Waals surface area contributed by atoms with Gasteiger partial charge in [-0.15, -0.1) is 0 Å². The second kappa shape index (κ2) is 15.5. The summed E-state index contributed by atoms with van der Waals surface area (Å²) in [5.41, 5.74) is 1.06. The SMILES string of the molecule is CCCNC(=O)[C@@H](Cc1ccccc1)N(Cc1ccccc1F)C(=O)CN(c1ccc(OC)c(Cl)c1)S(=O)(=O)c1ccccc1. The summed E-state index contributed by atoms with van der Waals surface area (Å²) in [5, 5.41) is 3.00. The van der Waals surface area contributed by atoms with E-state index in [0.29, 0.717) is 18.7 Å². The van der Waals surface area contributed by atoms with Gasteiger partial charge < -0.3 is 15.0 Å². The molecule has 2 amide bonds. The Morgan fingerprint density at radius 3 is 2.20 bits per heavy atom. The minimum Gasteiger partial charge on any atom is -0.495 e. The maximum absolute atomic E-state index is 15.0. The number of carbonyl (C=O) groups is 2. The van der Waals surface area contributed by atoms with Crippen molar-refractivity contribution in [3.8, 4) is 5.75 Å². The third-order valence-electron chi connectivity index (χ3n) is 7.15. The van der Waals surface area contributed by atoms with Crippen LogP contribution >= 0.6 is 11.6 Å². The van der Waals surface area contributed by atoms with Crippen LogP contribution in [0.25, 0.3) is 0 Å². The number of halogens is 2. The van der Waals surface area contributed by atoms with Gasteiger partial charge in [-0.2, -0.15) is 0 Å². The molecule has 4 aromatic carbocycles. The molecule has 236 valence electrons. The van der Waals surface area contributed by atoms with E-state index in [-0.39, 0.29) is 34.1 Å². The number of carbonyl (C=O) groups excluding carboxylic acids is 2. The van der Waals surface area contributed by atoms with E-state index >= 15 is 0 Å². The van der Waals surface area contributed by atoms with Crippen molar-refractivity contribution in [2.24, 2.45) is 0 Å². The zero-order valence-corrected chi connectivity index (χ0v) is 26.6. The van der Waals surface area contributed by atoms with Crippen LogP contribution in [0.1, 0.15) is 24.5 Å². The summed E-state index contributed by atoms with van der Waals surface area (Å²) < 4.78 is 49.3. The first-order valence-electron chi connectivity index (χ1n) is 14.4. The summed E-state index contributed by atoms with van der Waals surface area (Å²) in [7, 11) is -2.88. The number of sulfonamides is 1. The first-order valence-corrected chi connectivity index (χ1v) is 16.2. The largest absolute Gasteiger partial charge is 0.495 e. The van der Waals surface area contributed by atoms with E-state index in [4.69, 9.17) is 16.3 Å². The highest BCUT2D eigenvalue weighted by Crippen LogP contribution is 2.32. The number of hydrogen-bond acceptors (Lipinski definition) is 5. The van der Waals surface area contributed by atoms with Crippen molar-refractivity contribution >= 4 is 39.1 Å². The standard InChI is InChI=1S/C34H35ClFN3O5S/c1-3-20-37-34(41)31(21-25-12-6-4-7-13-25)38(23-26-14-10-11-17-30(26)36)33(40)24-39(27-18-19-32(44-2)29(35)22-27)45(42,43)28-15-8-5-9-16-28/h4-19,22,31H,3,20-21,23-24H2,1-2H3,(H,37,41)/t31-/m1/s1. The van der Waals surface area contributed by atoms with Gasteiger partial charge in [-0.1, -0.05) is 85.3 Å². The molecule has 45 heavy (non-hydrogen) atoms. The second-order valence-electron chi connectivity index (χ2n) is 10.3. The summed E-state index contributed by atoms with van der Waals surface area (Å²) in [4.78, 5) is 29.2. The summed E-state index contributed by atoms with van der Waals surface area (Å²) in [5.74, 6) is -1.38. The average Bonchev–Trinajstić information content (AvgIpc) is 3.05. The summed E-state index contributed by atoms with van der Waals surface area (Å²) in [6.45, 7) is 1.30. The maximum Gasteiger partial charge on any atom is 0.264 e. The number of hydrogen-bond donors (Lipinski definition) is 1. The molecule has 0 fully saturated rings. The number of ether oxygens (including phenoxy) is 1.